The molecule has 0 unspecified atom stereocenters. The number of phenolic OH excluding ortho intramolecular Hbond substituents is 1. The zero-order valence-corrected chi connectivity index (χ0v) is 10.4. The lowest BCUT2D eigenvalue weighted by Gasteiger charge is -2.08. The van der Waals surface area contributed by atoms with Crippen LogP contribution in [0.5, 0.6) is 11.5 Å². The van der Waals surface area contributed by atoms with Gasteiger partial charge in [0, 0.05) is 17.4 Å². The van der Waals surface area contributed by atoms with Crippen molar-refractivity contribution in [1.29, 1.82) is 0 Å². The van der Waals surface area contributed by atoms with E-state index in [1.165, 1.54) is 12.1 Å². The lowest BCUT2D eigenvalue weighted by Crippen LogP contribution is -2.12. The summed E-state index contributed by atoms with van der Waals surface area (Å²) in [4.78, 5) is 12.0. The topological polar surface area (TPSA) is 84.6 Å². The number of nitrogen functional groups attached to an aromatic ring is 1. The Morgan fingerprint density at radius 1 is 1.21 bits per heavy atom. The molecule has 5 heteroatoms. The summed E-state index contributed by atoms with van der Waals surface area (Å²) in [5.74, 6) is 0.155. The Balaban J connectivity index is 2.15. The predicted octanol–water partition coefficient (Wildman–Crippen LogP) is 2.24. The Kier molecular flexibility index (Phi) is 3.56. The summed E-state index contributed by atoms with van der Waals surface area (Å²) in [6.45, 7) is 0. The maximum Gasteiger partial charge on any atom is 0.259 e. The van der Waals surface area contributed by atoms with Crippen LogP contribution < -0.4 is 15.8 Å². The molecular formula is C14H14N2O3. The van der Waals surface area contributed by atoms with E-state index in [9.17, 15) is 9.90 Å². The number of aromatic hydroxyl groups is 1. The average Bonchev–Trinajstić information content (AvgIpc) is 2.39. The van der Waals surface area contributed by atoms with Crippen LogP contribution in [-0.4, -0.2) is 18.1 Å². The maximum atomic E-state index is 12.0. The van der Waals surface area contributed by atoms with Gasteiger partial charge in [0.05, 0.1) is 12.7 Å². The first-order chi connectivity index (χ1) is 9.10. The molecule has 4 N–H and O–H groups in total. The van der Waals surface area contributed by atoms with E-state index in [0.29, 0.717) is 17.1 Å². The molecule has 0 atom stereocenters. The van der Waals surface area contributed by atoms with Gasteiger partial charge in [-0.25, -0.2) is 0 Å². The molecule has 0 fully saturated rings. The van der Waals surface area contributed by atoms with E-state index in [2.05, 4.69) is 5.32 Å². The second-order valence-electron chi connectivity index (χ2n) is 3.96. The van der Waals surface area contributed by atoms with Gasteiger partial charge in [-0.3, -0.25) is 4.79 Å². The van der Waals surface area contributed by atoms with Crippen molar-refractivity contribution in [2.24, 2.45) is 0 Å². The van der Waals surface area contributed by atoms with Crippen LogP contribution in [0, 0.1) is 0 Å². The average molecular weight is 258 g/mol. The maximum absolute atomic E-state index is 12.0. The highest BCUT2D eigenvalue weighted by Crippen LogP contribution is 2.22. The largest absolute Gasteiger partial charge is 0.507 e. The summed E-state index contributed by atoms with van der Waals surface area (Å²) in [6.07, 6.45) is 0. The van der Waals surface area contributed by atoms with Gasteiger partial charge >= 0.3 is 0 Å². The second kappa shape index (κ2) is 5.30. The number of anilines is 2. The number of phenols is 1. The SMILES string of the molecule is COc1ccc(NC(=O)c2ccc(N)cc2O)cc1. The van der Waals surface area contributed by atoms with Crippen LogP contribution in [-0.2, 0) is 0 Å². The highest BCUT2D eigenvalue weighted by molar-refractivity contribution is 6.06. The fourth-order valence-electron chi connectivity index (χ4n) is 1.61. The number of ether oxygens (including phenoxy) is 1. The first kappa shape index (κ1) is 12.8. The van der Waals surface area contributed by atoms with Crippen molar-refractivity contribution in [3.05, 3.63) is 48.0 Å². The summed E-state index contributed by atoms with van der Waals surface area (Å²) in [6, 6.07) is 11.3. The first-order valence-electron chi connectivity index (χ1n) is 5.64. The third-order valence-corrected chi connectivity index (χ3v) is 2.61. The molecule has 19 heavy (non-hydrogen) atoms. The number of hydrogen-bond acceptors (Lipinski definition) is 4. The summed E-state index contributed by atoms with van der Waals surface area (Å²) < 4.78 is 5.02. The van der Waals surface area contributed by atoms with E-state index in [1.54, 1.807) is 37.4 Å². The number of nitrogens with one attached hydrogen (secondary N) is 1. The van der Waals surface area contributed by atoms with Gasteiger partial charge in [-0.1, -0.05) is 0 Å². The van der Waals surface area contributed by atoms with Crippen molar-refractivity contribution in [3.63, 3.8) is 0 Å². The van der Waals surface area contributed by atoms with Gasteiger partial charge in [-0.2, -0.15) is 0 Å². The molecule has 0 heterocycles. The zero-order valence-electron chi connectivity index (χ0n) is 10.4. The fourth-order valence-corrected chi connectivity index (χ4v) is 1.61. The summed E-state index contributed by atoms with van der Waals surface area (Å²) in [7, 11) is 1.57. The van der Waals surface area contributed by atoms with Crippen LogP contribution in [0.1, 0.15) is 10.4 Å². The molecule has 2 aromatic carbocycles. The van der Waals surface area contributed by atoms with Crippen LogP contribution >= 0.6 is 0 Å². The van der Waals surface area contributed by atoms with Crippen molar-refractivity contribution in [2.75, 3.05) is 18.2 Å². The Labute approximate surface area is 110 Å². The molecule has 0 bridgehead atoms. The number of methoxy groups -OCH3 is 1. The molecule has 0 saturated carbocycles. The van der Waals surface area contributed by atoms with Crippen molar-refractivity contribution in [1.82, 2.24) is 0 Å². The third kappa shape index (κ3) is 2.95. The van der Waals surface area contributed by atoms with Gasteiger partial charge in [0.15, 0.2) is 0 Å². The van der Waals surface area contributed by atoms with Gasteiger partial charge < -0.3 is 20.9 Å². The molecular weight excluding hydrogens is 244 g/mol. The number of benzene rings is 2. The van der Waals surface area contributed by atoms with Crippen molar-refractivity contribution < 1.29 is 14.6 Å². The molecule has 0 radical (unpaired) electrons. The van der Waals surface area contributed by atoms with E-state index >= 15 is 0 Å². The number of carbonyl (C=O) groups excluding carboxylic acids is 1. The quantitative estimate of drug-likeness (QED) is 0.737. The summed E-state index contributed by atoms with van der Waals surface area (Å²) in [5, 5.41) is 12.3. The van der Waals surface area contributed by atoms with Crippen LogP contribution in [0.4, 0.5) is 11.4 Å². The molecule has 2 rings (SSSR count). The lowest BCUT2D eigenvalue weighted by molar-refractivity contribution is 0.102. The molecule has 0 aromatic heterocycles. The van der Waals surface area contributed by atoms with Crippen molar-refractivity contribution >= 4 is 17.3 Å². The number of rotatable bonds is 3. The Bertz CT molecular complexity index is 594. The molecule has 0 aliphatic rings. The smallest absolute Gasteiger partial charge is 0.259 e. The van der Waals surface area contributed by atoms with Gasteiger partial charge in [-0.05, 0) is 36.4 Å². The second-order valence-corrected chi connectivity index (χ2v) is 3.96. The number of hydrogen-bond donors (Lipinski definition) is 3. The monoisotopic (exact) mass is 258 g/mol. The highest BCUT2D eigenvalue weighted by Gasteiger charge is 2.11. The van der Waals surface area contributed by atoms with E-state index in [-0.39, 0.29) is 11.3 Å². The first-order valence-corrected chi connectivity index (χ1v) is 5.64. The predicted molar refractivity (Wildman–Crippen MR) is 73.5 cm³/mol. The van der Waals surface area contributed by atoms with Crippen LogP contribution in [0.2, 0.25) is 0 Å². The van der Waals surface area contributed by atoms with E-state index in [0.717, 1.165) is 0 Å². The molecule has 5 nitrogen and oxygen atoms in total. The third-order valence-electron chi connectivity index (χ3n) is 2.61. The van der Waals surface area contributed by atoms with Crippen LogP contribution in [0.15, 0.2) is 42.5 Å². The molecule has 0 aliphatic carbocycles. The minimum absolute atomic E-state index is 0.147. The van der Waals surface area contributed by atoms with Gasteiger partial charge in [-0.15, -0.1) is 0 Å². The molecule has 0 spiro atoms. The minimum Gasteiger partial charge on any atom is -0.507 e. The van der Waals surface area contributed by atoms with Crippen molar-refractivity contribution in [2.45, 2.75) is 0 Å². The number of nitrogens with two attached hydrogens (primary N) is 1. The molecule has 0 saturated heterocycles. The fraction of sp³-hybridized carbons (Fsp3) is 0.0714. The normalized spacial score (nSPS) is 9.95. The molecule has 2 aromatic rings. The van der Waals surface area contributed by atoms with Crippen LogP contribution in [0.25, 0.3) is 0 Å². The van der Waals surface area contributed by atoms with Crippen LogP contribution in [0.3, 0.4) is 0 Å². The zero-order chi connectivity index (χ0) is 13.8. The molecule has 0 aliphatic heterocycles. The van der Waals surface area contributed by atoms with Gasteiger partial charge in [0.25, 0.3) is 5.91 Å². The number of amides is 1. The van der Waals surface area contributed by atoms with Crippen molar-refractivity contribution in [3.8, 4) is 11.5 Å². The Morgan fingerprint density at radius 3 is 2.47 bits per heavy atom. The van der Waals surface area contributed by atoms with E-state index in [1.807, 2.05) is 0 Å². The van der Waals surface area contributed by atoms with E-state index < -0.39 is 5.91 Å². The summed E-state index contributed by atoms with van der Waals surface area (Å²) >= 11 is 0. The number of carbonyl (C=O) groups is 1. The highest BCUT2D eigenvalue weighted by atomic mass is 16.5. The van der Waals surface area contributed by atoms with E-state index in [4.69, 9.17) is 10.5 Å². The molecule has 1 amide bonds. The van der Waals surface area contributed by atoms with Gasteiger partial charge in [0.1, 0.15) is 11.5 Å². The lowest BCUT2D eigenvalue weighted by atomic mass is 10.1. The van der Waals surface area contributed by atoms with Gasteiger partial charge in [0.2, 0.25) is 0 Å². The standard InChI is InChI=1S/C14H14N2O3/c1-19-11-5-3-10(4-6-11)16-14(18)12-7-2-9(15)8-13(12)17/h2-8,17H,15H2,1H3,(H,16,18). The minimum atomic E-state index is -0.400. The molecule has 98 valence electrons. The summed E-state index contributed by atoms with van der Waals surface area (Å²) in [5.41, 5.74) is 6.69. The Hall–Kier alpha value is -2.69. The Morgan fingerprint density at radius 2 is 1.89 bits per heavy atom.